The van der Waals surface area contributed by atoms with E-state index in [0.717, 1.165) is 80.1 Å². The molecule has 1 aromatic carbocycles. The lowest BCUT2D eigenvalue weighted by Crippen LogP contribution is -2.26. The van der Waals surface area contributed by atoms with Crippen molar-refractivity contribution in [1.82, 2.24) is 14.5 Å². The molecule has 0 saturated heterocycles. The van der Waals surface area contributed by atoms with Crippen molar-refractivity contribution in [3.63, 3.8) is 0 Å². The van der Waals surface area contributed by atoms with Gasteiger partial charge in [-0.15, -0.1) is 6.58 Å². The Morgan fingerprint density at radius 2 is 1.85 bits per heavy atom. The van der Waals surface area contributed by atoms with Gasteiger partial charge in [-0.2, -0.15) is 0 Å². The number of hydrogen-bond acceptors (Lipinski definition) is 4. The minimum atomic E-state index is -0.315. The molecule has 2 aromatic rings. The Hall–Kier alpha value is -3.70. The standard InChI is InChI=1S/C36H49N3O2/c1-8-12-15-17-21-30(6)35-33(39(27-14-10-3)36(37-35)32-23-18-16-19-24-32)28-38(11-4)26-20-22-29(5)34(25-13-9-2)41-31(7)40/h8-9,12,16-19,21-25H,2,6,10-11,13-15,20,26-28H2,1,3-5,7H3/b12-8-,21-17-,29-22-,34-25+. The zero-order chi connectivity index (χ0) is 30.0. The summed E-state index contributed by atoms with van der Waals surface area (Å²) < 4.78 is 7.84. The second-order valence-corrected chi connectivity index (χ2v) is 10.1. The van der Waals surface area contributed by atoms with E-state index in [1.165, 1.54) is 12.6 Å². The van der Waals surface area contributed by atoms with Crippen molar-refractivity contribution in [2.24, 2.45) is 0 Å². The zero-order valence-corrected chi connectivity index (χ0v) is 25.9. The van der Waals surface area contributed by atoms with Crippen LogP contribution in [0.2, 0.25) is 0 Å². The van der Waals surface area contributed by atoms with E-state index >= 15 is 0 Å². The highest BCUT2D eigenvalue weighted by molar-refractivity contribution is 5.74. The molecule has 0 amide bonds. The molecular weight excluding hydrogens is 506 g/mol. The van der Waals surface area contributed by atoms with Gasteiger partial charge in [0.15, 0.2) is 0 Å². The summed E-state index contributed by atoms with van der Waals surface area (Å²) in [6, 6.07) is 10.4. The smallest absolute Gasteiger partial charge is 0.308 e. The van der Waals surface area contributed by atoms with Gasteiger partial charge in [0.25, 0.3) is 0 Å². The normalized spacial score (nSPS) is 12.5. The number of nitrogens with zero attached hydrogens (tertiary/aromatic N) is 3. The van der Waals surface area contributed by atoms with Gasteiger partial charge in [-0.25, -0.2) is 4.98 Å². The van der Waals surface area contributed by atoms with Crippen LogP contribution in [0, 0.1) is 0 Å². The highest BCUT2D eigenvalue weighted by Gasteiger charge is 2.21. The number of carbonyl (C=O) groups excluding carboxylic acids is 1. The molecule has 2 rings (SSSR count). The predicted octanol–water partition coefficient (Wildman–Crippen LogP) is 9.07. The number of ether oxygens (including phenoxy) is 1. The number of hydrogen-bond donors (Lipinski definition) is 0. The fraction of sp³-hybridized carbons (Fsp3) is 0.389. The number of unbranched alkanes of at least 4 members (excludes halogenated alkanes) is 1. The number of carbonyl (C=O) groups is 1. The molecule has 0 bridgehead atoms. The molecule has 5 nitrogen and oxygen atoms in total. The summed E-state index contributed by atoms with van der Waals surface area (Å²) in [5.41, 5.74) is 5.17. The van der Waals surface area contributed by atoms with Crippen molar-refractivity contribution < 1.29 is 9.53 Å². The van der Waals surface area contributed by atoms with Crippen LogP contribution in [-0.2, 0) is 22.6 Å². The second-order valence-electron chi connectivity index (χ2n) is 10.1. The quantitative estimate of drug-likeness (QED) is 0.0797. The van der Waals surface area contributed by atoms with Gasteiger partial charge in [0.05, 0.1) is 11.4 Å². The van der Waals surface area contributed by atoms with Crippen molar-refractivity contribution in [2.75, 3.05) is 13.1 Å². The van der Waals surface area contributed by atoms with Crippen LogP contribution >= 0.6 is 0 Å². The first kappa shape index (κ1) is 33.5. The van der Waals surface area contributed by atoms with Crippen LogP contribution in [0.25, 0.3) is 17.0 Å². The summed E-state index contributed by atoms with van der Waals surface area (Å²) in [5, 5.41) is 0. The number of esters is 1. The Morgan fingerprint density at radius 3 is 2.49 bits per heavy atom. The highest BCUT2D eigenvalue weighted by Crippen LogP contribution is 2.29. The molecular formula is C36H49N3O2. The van der Waals surface area contributed by atoms with Gasteiger partial charge in [-0.3, -0.25) is 9.69 Å². The van der Waals surface area contributed by atoms with Crippen molar-refractivity contribution in [3.8, 4) is 11.4 Å². The van der Waals surface area contributed by atoms with Crippen molar-refractivity contribution in [2.45, 2.75) is 79.8 Å². The molecule has 1 aromatic heterocycles. The second kappa shape index (κ2) is 18.6. The van der Waals surface area contributed by atoms with Gasteiger partial charge in [-0.1, -0.05) is 93.6 Å². The minimum Gasteiger partial charge on any atom is -0.427 e. The SMILES string of the molecule is C=CC/C=C(OC(C)=O)\C(C)=C/CCN(CC)Cc1c(C(=C)/C=C\C/C=C\C)nc(-c2ccccc2)n1CCCC. The Bertz CT molecular complexity index is 1250. The van der Waals surface area contributed by atoms with E-state index in [2.05, 4.69) is 91.1 Å². The van der Waals surface area contributed by atoms with E-state index in [-0.39, 0.29) is 5.97 Å². The third-order valence-electron chi connectivity index (χ3n) is 6.80. The molecule has 41 heavy (non-hydrogen) atoms. The largest absolute Gasteiger partial charge is 0.427 e. The van der Waals surface area contributed by atoms with E-state index < -0.39 is 0 Å². The average molecular weight is 556 g/mol. The van der Waals surface area contributed by atoms with E-state index in [1.807, 2.05) is 26.0 Å². The average Bonchev–Trinajstić information content (AvgIpc) is 3.33. The molecule has 0 radical (unpaired) electrons. The van der Waals surface area contributed by atoms with E-state index in [4.69, 9.17) is 9.72 Å². The molecule has 0 atom stereocenters. The molecule has 1 heterocycles. The Morgan fingerprint density at radius 1 is 1.10 bits per heavy atom. The van der Waals surface area contributed by atoms with Crippen LogP contribution in [-0.4, -0.2) is 33.5 Å². The maximum absolute atomic E-state index is 11.6. The maximum Gasteiger partial charge on any atom is 0.308 e. The van der Waals surface area contributed by atoms with Crippen LogP contribution in [0.1, 0.15) is 78.1 Å². The zero-order valence-electron chi connectivity index (χ0n) is 25.9. The molecule has 5 heteroatoms. The minimum absolute atomic E-state index is 0.315. The predicted molar refractivity (Wildman–Crippen MR) is 174 cm³/mol. The summed E-state index contributed by atoms with van der Waals surface area (Å²) >= 11 is 0. The Labute approximate surface area is 248 Å². The van der Waals surface area contributed by atoms with Crippen LogP contribution in [0.5, 0.6) is 0 Å². The number of imidazole rings is 1. The molecule has 0 N–H and O–H groups in total. The summed E-state index contributed by atoms with van der Waals surface area (Å²) in [5.74, 6) is 1.29. The summed E-state index contributed by atoms with van der Waals surface area (Å²) in [4.78, 5) is 19.2. The van der Waals surface area contributed by atoms with Gasteiger partial charge < -0.3 is 9.30 Å². The third-order valence-corrected chi connectivity index (χ3v) is 6.80. The highest BCUT2D eigenvalue weighted by atomic mass is 16.5. The van der Waals surface area contributed by atoms with Crippen LogP contribution < -0.4 is 0 Å². The van der Waals surface area contributed by atoms with E-state index in [1.54, 1.807) is 6.08 Å². The molecule has 0 saturated carbocycles. The first-order chi connectivity index (χ1) is 19.9. The lowest BCUT2D eigenvalue weighted by molar-refractivity contribution is -0.136. The number of rotatable bonds is 18. The number of allylic oxidation sites excluding steroid dienone is 8. The molecule has 0 aliphatic carbocycles. The van der Waals surface area contributed by atoms with Crippen LogP contribution in [0.15, 0.2) is 97.4 Å². The summed E-state index contributed by atoms with van der Waals surface area (Å²) in [7, 11) is 0. The Balaban J connectivity index is 2.42. The molecule has 0 aliphatic rings. The molecule has 0 unspecified atom stereocenters. The third kappa shape index (κ3) is 11.0. The number of benzene rings is 1. The molecule has 0 aliphatic heterocycles. The van der Waals surface area contributed by atoms with Gasteiger partial charge in [-0.05, 0) is 63.3 Å². The first-order valence-electron chi connectivity index (χ1n) is 14.9. The monoisotopic (exact) mass is 555 g/mol. The topological polar surface area (TPSA) is 47.4 Å². The summed E-state index contributed by atoms with van der Waals surface area (Å²) in [6.07, 6.45) is 18.8. The van der Waals surface area contributed by atoms with Crippen molar-refractivity contribution in [3.05, 3.63) is 109 Å². The first-order valence-corrected chi connectivity index (χ1v) is 14.9. The lowest BCUT2D eigenvalue weighted by Gasteiger charge is -2.22. The fourth-order valence-corrected chi connectivity index (χ4v) is 4.53. The lowest BCUT2D eigenvalue weighted by atomic mass is 10.1. The molecule has 0 spiro atoms. The van der Waals surface area contributed by atoms with Crippen molar-refractivity contribution in [1.29, 1.82) is 0 Å². The summed E-state index contributed by atoms with van der Waals surface area (Å²) in [6.45, 7) is 21.5. The molecule has 220 valence electrons. The fourth-order valence-electron chi connectivity index (χ4n) is 4.53. The van der Waals surface area contributed by atoms with Crippen LogP contribution in [0.3, 0.4) is 0 Å². The maximum atomic E-state index is 11.6. The van der Waals surface area contributed by atoms with Crippen LogP contribution in [0.4, 0.5) is 0 Å². The Kier molecular flexibility index (Phi) is 15.2. The van der Waals surface area contributed by atoms with Gasteiger partial charge >= 0.3 is 5.97 Å². The van der Waals surface area contributed by atoms with Gasteiger partial charge in [0.2, 0.25) is 0 Å². The van der Waals surface area contributed by atoms with E-state index in [0.29, 0.717) is 12.2 Å². The van der Waals surface area contributed by atoms with Gasteiger partial charge in [0.1, 0.15) is 11.6 Å². The molecule has 0 fully saturated rings. The van der Waals surface area contributed by atoms with E-state index in [9.17, 15) is 4.79 Å². The van der Waals surface area contributed by atoms with Crippen molar-refractivity contribution >= 4 is 11.5 Å². The van der Waals surface area contributed by atoms with Gasteiger partial charge in [0, 0.05) is 32.1 Å². The number of aromatic nitrogens is 2.